The quantitative estimate of drug-likeness (QED) is 0.625. The standard InChI is InChI=1S/C9H14N2O/c1-2-9-11-8(6-12-9)4-3-7-5-10-7/h2,7-8,10H,1,3-6H2. The van der Waals surface area contributed by atoms with Gasteiger partial charge in [-0.2, -0.15) is 0 Å². The van der Waals surface area contributed by atoms with Crippen LogP contribution in [0.2, 0.25) is 0 Å². The van der Waals surface area contributed by atoms with E-state index in [1.54, 1.807) is 6.08 Å². The zero-order valence-electron chi connectivity index (χ0n) is 7.12. The Morgan fingerprint density at radius 1 is 1.67 bits per heavy atom. The number of nitrogens with zero attached hydrogens (tertiary/aromatic N) is 1. The molecule has 2 aliphatic heterocycles. The third-order valence-electron chi connectivity index (χ3n) is 2.25. The molecule has 66 valence electrons. The Morgan fingerprint density at radius 2 is 2.50 bits per heavy atom. The molecule has 1 fully saturated rings. The van der Waals surface area contributed by atoms with Crippen LogP contribution in [-0.2, 0) is 4.74 Å². The molecule has 0 saturated carbocycles. The van der Waals surface area contributed by atoms with Crippen molar-refractivity contribution >= 4 is 5.90 Å². The van der Waals surface area contributed by atoms with Crippen LogP contribution >= 0.6 is 0 Å². The van der Waals surface area contributed by atoms with Gasteiger partial charge in [-0.25, -0.2) is 4.99 Å². The predicted molar refractivity (Wildman–Crippen MR) is 48.4 cm³/mol. The van der Waals surface area contributed by atoms with E-state index in [2.05, 4.69) is 16.9 Å². The summed E-state index contributed by atoms with van der Waals surface area (Å²) in [4.78, 5) is 4.35. The molecule has 0 aromatic rings. The third kappa shape index (κ3) is 1.85. The van der Waals surface area contributed by atoms with Crippen molar-refractivity contribution in [3.63, 3.8) is 0 Å². The number of hydrogen-bond acceptors (Lipinski definition) is 3. The summed E-state index contributed by atoms with van der Waals surface area (Å²) >= 11 is 0. The molecule has 0 bridgehead atoms. The van der Waals surface area contributed by atoms with E-state index < -0.39 is 0 Å². The Bertz CT molecular complexity index is 209. The zero-order valence-corrected chi connectivity index (χ0v) is 7.12. The maximum Gasteiger partial charge on any atom is 0.208 e. The number of nitrogens with one attached hydrogen (secondary N) is 1. The molecule has 2 heterocycles. The van der Waals surface area contributed by atoms with Crippen molar-refractivity contribution in [1.29, 1.82) is 0 Å². The Morgan fingerprint density at radius 3 is 3.08 bits per heavy atom. The highest BCUT2D eigenvalue weighted by atomic mass is 16.5. The fourth-order valence-corrected chi connectivity index (χ4v) is 1.38. The lowest BCUT2D eigenvalue weighted by Crippen LogP contribution is -2.07. The topological polar surface area (TPSA) is 43.5 Å². The number of aliphatic imine (C=N–C) groups is 1. The number of hydrogen-bond donors (Lipinski definition) is 1. The van der Waals surface area contributed by atoms with Gasteiger partial charge in [0.15, 0.2) is 0 Å². The summed E-state index contributed by atoms with van der Waals surface area (Å²) in [6.45, 7) is 5.55. The van der Waals surface area contributed by atoms with Crippen LogP contribution in [0.5, 0.6) is 0 Å². The van der Waals surface area contributed by atoms with E-state index in [4.69, 9.17) is 4.74 Å². The minimum atomic E-state index is 0.375. The van der Waals surface area contributed by atoms with Gasteiger partial charge in [-0.1, -0.05) is 6.58 Å². The van der Waals surface area contributed by atoms with Gasteiger partial charge in [-0.3, -0.25) is 0 Å². The first kappa shape index (κ1) is 7.80. The molecule has 0 aliphatic carbocycles. The highest BCUT2D eigenvalue weighted by Gasteiger charge is 2.23. The minimum Gasteiger partial charge on any atom is -0.476 e. The van der Waals surface area contributed by atoms with E-state index >= 15 is 0 Å². The molecule has 2 aliphatic rings. The van der Waals surface area contributed by atoms with Gasteiger partial charge in [0, 0.05) is 12.6 Å². The molecular formula is C9H14N2O. The lowest BCUT2D eigenvalue weighted by Gasteiger charge is -2.01. The van der Waals surface area contributed by atoms with E-state index in [0.717, 1.165) is 19.1 Å². The summed E-state index contributed by atoms with van der Waals surface area (Å²) in [6.07, 6.45) is 4.03. The first-order valence-electron chi connectivity index (χ1n) is 4.45. The highest BCUT2D eigenvalue weighted by molar-refractivity contribution is 5.88. The highest BCUT2D eigenvalue weighted by Crippen LogP contribution is 2.15. The molecule has 2 rings (SSSR count). The van der Waals surface area contributed by atoms with Crippen LogP contribution in [0.4, 0.5) is 0 Å². The van der Waals surface area contributed by atoms with Crippen LogP contribution in [-0.4, -0.2) is 31.1 Å². The molecule has 0 aromatic carbocycles. The summed E-state index contributed by atoms with van der Waals surface area (Å²) in [5, 5.41) is 3.27. The summed E-state index contributed by atoms with van der Waals surface area (Å²) in [5.41, 5.74) is 0. The molecule has 1 N–H and O–H groups in total. The lowest BCUT2D eigenvalue weighted by molar-refractivity contribution is 0.311. The second-order valence-corrected chi connectivity index (χ2v) is 3.32. The van der Waals surface area contributed by atoms with Crippen molar-refractivity contribution in [2.75, 3.05) is 13.2 Å². The van der Waals surface area contributed by atoms with Crippen molar-refractivity contribution in [2.45, 2.75) is 24.9 Å². The number of rotatable bonds is 4. The van der Waals surface area contributed by atoms with Gasteiger partial charge in [-0.15, -0.1) is 0 Å². The molecule has 1 saturated heterocycles. The maximum atomic E-state index is 5.28. The molecule has 0 spiro atoms. The normalized spacial score (nSPS) is 32.5. The van der Waals surface area contributed by atoms with E-state index in [0.29, 0.717) is 11.9 Å². The summed E-state index contributed by atoms with van der Waals surface area (Å²) in [7, 11) is 0. The molecule has 3 heteroatoms. The van der Waals surface area contributed by atoms with Crippen molar-refractivity contribution in [3.05, 3.63) is 12.7 Å². The predicted octanol–water partition coefficient (Wildman–Crippen LogP) is 0.722. The second kappa shape index (κ2) is 3.27. The van der Waals surface area contributed by atoms with Crippen LogP contribution in [0.3, 0.4) is 0 Å². The Hall–Kier alpha value is -0.830. The van der Waals surface area contributed by atoms with Gasteiger partial charge in [-0.05, 0) is 18.9 Å². The van der Waals surface area contributed by atoms with Crippen LogP contribution in [0.25, 0.3) is 0 Å². The molecule has 0 amide bonds. The van der Waals surface area contributed by atoms with Crippen LogP contribution in [0, 0.1) is 0 Å². The van der Waals surface area contributed by atoms with Gasteiger partial charge in [0.2, 0.25) is 5.90 Å². The van der Waals surface area contributed by atoms with Gasteiger partial charge in [0.1, 0.15) is 6.61 Å². The van der Waals surface area contributed by atoms with Gasteiger partial charge < -0.3 is 10.1 Å². The molecule has 2 atom stereocenters. The van der Waals surface area contributed by atoms with Crippen molar-refractivity contribution in [2.24, 2.45) is 4.99 Å². The Kier molecular flexibility index (Phi) is 2.13. The van der Waals surface area contributed by atoms with E-state index in [-0.39, 0.29) is 0 Å². The largest absolute Gasteiger partial charge is 0.476 e. The second-order valence-electron chi connectivity index (χ2n) is 3.32. The molecule has 0 aromatic heterocycles. The summed E-state index contributed by atoms with van der Waals surface area (Å²) in [5.74, 6) is 0.712. The van der Waals surface area contributed by atoms with E-state index in [1.165, 1.54) is 13.0 Å². The van der Waals surface area contributed by atoms with Gasteiger partial charge in [0.25, 0.3) is 0 Å². The molecule has 0 radical (unpaired) electrons. The molecule has 12 heavy (non-hydrogen) atoms. The fraction of sp³-hybridized carbons (Fsp3) is 0.667. The monoisotopic (exact) mass is 166 g/mol. The number of ether oxygens (including phenoxy) is 1. The van der Waals surface area contributed by atoms with Crippen LogP contribution in [0.1, 0.15) is 12.8 Å². The van der Waals surface area contributed by atoms with Crippen molar-refractivity contribution in [3.8, 4) is 0 Å². The minimum absolute atomic E-state index is 0.375. The van der Waals surface area contributed by atoms with Crippen LogP contribution in [0.15, 0.2) is 17.6 Å². The zero-order chi connectivity index (χ0) is 8.39. The van der Waals surface area contributed by atoms with Gasteiger partial charge >= 0.3 is 0 Å². The third-order valence-corrected chi connectivity index (χ3v) is 2.25. The molecule has 2 unspecified atom stereocenters. The fourth-order valence-electron chi connectivity index (χ4n) is 1.38. The van der Waals surface area contributed by atoms with E-state index in [9.17, 15) is 0 Å². The van der Waals surface area contributed by atoms with Gasteiger partial charge in [0.05, 0.1) is 6.04 Å². The Balaban J connectivity index is 1.73. The first-order chi connectivity index (χ1) is 5.88. The summed E-state index contributed by atoms with van der Waals surface area (Å²) < 4.78 is 5.28. The van der Waals surface area contributed by atoms with Crippen molar-refractivity contribution < 1.29 is 4.74 Å². The van der Waals surface area contributed by atoms with Crippen LogP contribution < -0.4 is 5.32 Å². The average Bonchev–Trinajstić information content (AvgIpc) is 2.81. The SMILES string of the molecule is C=CC1=NC(CCC2CN2)CO1. The smallest absolute Gasteiger partial charge is 0.208 e. The van der Waals surface area contributed by atoms with E-state index in [1.807, 2.05) is 0 Å². The molecular weight excluding hydrogens is 152 g/mol. The first-order valence-corrected chi connectivity index (χ1v) is 4.45. The maximum absolute atomic E-state index is 5.28. The van der Waals surface area contributed by atoms with Crippen molar-refractivity contribution in [1.82, 2.24) is 5.32 Å². The average molecular weight is 166 g/mol. The summed E-state index contributed by atoms with van der Waals surface area (Å²) in [6, 6.07) is 1.13. The lowest BCUT2D eigenvalue weighted by atomic mass is 10.1. The molecule has 3 nitrogen and oxygen atoms in total. The Labute approximate surface area is 72.5 Å².